The molecule has 17 nitrogen and oxygen atoms in total. The maximum Gasteiger partial charge on any atom is 0.418 e. The van der Waals surface area contributed by atoms with E-state index in [-0.39, 0.29) is 0 Å². The van der Waals surface area contributed by atoms with Crippen molar-refractivity contribution in [1.82, 2.24) is 0 Å². The summed E-state index contributed by atoms with van der Waals surface area (Å²) in [7, 11) is 0. The minimum atomic E-state index is -5.84. The summed E-state index contributed by atoms with van der Waals surface area (Å²) in [6.07, 6.45) is -9.74. The minimum Gasteiger partial charge on any atom is -0.481 e. The van der Waals surface area contributed by atoms with Gasteiger partial charge in [0.15, 0.2) is 28.7 Å². The lowest BCUT2D eigenvalue weighted by Crippen LogP contribution is -2.41. The van der Waals surface area contributed by atoms with Gasteiger partial charge in [0, 0.05) is 17.4 Å². The van der Waals surface area contributed by atoms with Gasteiger partial charge in [-0.3, -0.25) is 33.6 Å². The third-order valence-corrected chi connectivity index (χ3v) is 7.15. The molecule has 1 aromatic carbocycles. The Balaban J connectivity index is 3.48. The smallest absolute Gasteiger partial charge is 0.418 e. The molecule has 0 aliphatic heterocycles. The molecule has 0 aliphatic rings. The van der Waals surface area contributed by atoms with Crippen molar-refractivity contribution in [3.63, 3.8) is 0 Å². The maximum absolute atomic E-state index is 15.1. The Hall–Kier alpha value is -5.05. The molecule has 262 valence electrons. The predicted molar refractivity (Wildman–Crippen MR) is 157 cm³/mol. The molecule has 0 bridgehead atoms. The molecule has 0 amide bonds. The van der Waals surface area contributed by atoms with E-state index < -0.39 is 153 Å². The first kappa shape index (κ1) is 39.1. The first-order valence-corrected chi connectivity index (χ1v) is 13.8. The largest absolute Gasteiger partial charge is 0.481 e. The van der Waals surface area contributed by atoms with Crippen LogP contribution in [0, 0.1) is 5.92 Å². The molecule has 0 saturated heterocycles. The Labute approximate surface area is 267 Å². The number of benzene rings is 1. The van der Waals surface area contributed by atoms with E-state index in [1.807, 2.05) is 0 Å². The number of Topliss-reactive ketones (excluding diaryl/α,β-unsaturated/α-hetero) is 4. The minimum absolute atomic E-state index is 0.679. The van der Waals surface area contributed by atoms with Crippen molar-refractivity contribution in [2.75, 3.05) is 5.73 Å². The Morgan fingerprint density at radius 2 is 1.17 bits per heavy atom. The topological polar surface area (TPSA) is 340 Å². The van der Waals surface area contributed by atoms with Gasteiger partial charge in [-0.15, -0.1) is 0 Å². The van der Waals surface area contributed by atoms with E-state index in [1.54, 1.807) is 0 Å². The zero-order valence-electron chi connectivity index (χ0n) is 25.3. The number of ketones is 4. The van der Waals surface area contributed by atoms with E-state index in [2.05, 4.69) is 0 Å². The van der Waals surface area contributed by atoms with Crippen molar-refractivity contribution >= 4 is 57.7 Å². The number of nitrogens with two attached hydrogens (primary N) is 5. The Morgan fingerprint density at radius 3 is 1.58 bits per heavy atom. The van der Waals surface area contributed by atoms with Gasteiger partial charge >= 0.3 is 29.7 Å². The van der Waals surface area contributed by atoms with Crippen molar-refractivity contribution in [1.29, 1.82) is 0 Å². The molecule has 0 saturated carbocycles. The molecular formula is C28H32F3N5O12. The summed E-state index contributed by atoms with van der Waals surface area (Å²) in [5.41, 5.74) is 16.4. The third kappa shape index (κ3) is 8.08. The summed E-state index contributed by atoms with van der Waals surface area (Å²) in [4.78, 5) is 101. The Bertz CT molecular complexity index is 1770. The lowest BCUT2D eigenvalue weighted by atomic mass is 9.81. The standard InChI is InChI=1S/C28H32F3N5O12/c1-7(2)20(35)25(46)14-15-19(28(29,30)31)17(23(44)9(33)5-12(39)40)27(47)48-26(15)18(24(45)10(34)6-13(41)42)21(36)16(14)22(43)8(32)3-4-11(37)38/h7-10,20H,3-6,32-36H2,1-2H3,(H,37,38)(H,39,40)(H,41,42). The number of rotatable bonds is 16. The molecule has 0 aliphatic carbocycles. The highest BCUT2D eigenvalue weighted by Gasteiger charge is 2.46. The number of carbonyl (C=O) groups is 7. The number of halogens is 3. The fourth-order valence-electron chi connectivity index (χ4n) is 4.71. The van der Waals surface area contributed by atoms with Gasteiger partial charge in [0.1, 0.15) is 5.56 Å². The Morgan fingerprint density at radius 1 is 0.708 bits per heavy atom. The lowest BCUT2D eigenvalue weighted by Gasteiger charge is -2.25. The summed E-state index contributed by atoms with van der Waals surface area (Å²) in [6, 6.07) is -8.05. The number of nitrogen functional groups attached to an aromatic ring is 1. The number of fused-ring (bicyclic) bond motifs is 1. The molecule has 2 rings (SSSR count). The fourth-order valence-corrected chi connectivity index (χ4v) is 4.71. The molecule has 1 aromatic heterocycles. The number of aliphatic carboxylic acids is 3. The van der Waals surface area contributed by atoms with Crippen molar-refractivity contribution in [3.05, 3.63) is 38.2 Å². The third-order valence-electron chi connectivity index (χ3n) is 7.15. The van der Waals surface area contributed by atoms with Gasteiger partial charge in [-0.1, -0.05) is 13.8 Å². The highest BCUT2D eigenvalue weighted by molar-refractivity contribution is 6.27. The maximum atomic E-state index is 15.1. The molecule has 1 heterocycles. The van der Waals surface area contributed by atoms with Crippen molar-refractivity contribution < 1.29 is 66.5 Å². The first-order valence-electron chi connectivity index (χ1n) is 13.8. The summed E-state index contributed by atoms with van der Waals surface area (Å²) < 4.78 is 50.3. The molecule has 2 aromatic rings. The molecule has 0 fully saturated rings. The van der Waals surface area contributed by atoms with Crippen LogP contribution in [0.4, 0.5) is 18.9 Å². The number of hydrogen-bond donors (Lipinski definition) is 8. The van der Waals surface area contributed by atoms with Crippen molar-refractivity contribution in [2.45, 2.75) is 69.9 Å². The van der Waals surface area contributed by atoms with Gasteiger partial charge in [0.25, 0.3) is 0 Å². The SMILES string of the molecule is CC(C)C(N)C(=O)c1c(C(=O)C(N)CCC(=O)O)c(N)c(C(=O)C(N)CC(=O)O)c2oc(=O)c(C(=O)C(N)CC(=O)O)c(C(F)(F)F)c12. The van der Waals surface area contributed by atoms with Crippen LogP contribution in [0.25, 0.3) is 11.0 Å². The number of hydrogen-bond acceptors (Lipinski definition) is 14. The number of carboxylic acids is 3. The molecular weight excluding hydrogens is 655 g/mol. The van der Waals surface area contributed by atoms with Gasteiger partial charge in [-0.25, -0.2) is 4.79 Å². The van der Waals surface area contributed by atoms with Crippen LogP contribution < -0.4 is 34.3 Å². The van der Waals surface area contributed by atoms with Crippen LogP contribution in [0.15, 0.2) is 9.21 Å². The van der Waals surface area contributed by atoms with Crippen LogP contribution in [-0.4, -0.2) is 80.5 Å². The summed E-state index contributed by atoms with van der Waals surface area (Å²) >= 11 is 0. The number of carbonyl (C=O) groups excluding carboxylic acids is 4. The van der Waals surface area contributed by atoms with Gasteiger partial charge in [0.05, 0.1) is 59.4 Å². The highest BCUT2D eigenvalue weighted by Crippen LogP contribution is 2.43. The quantitative estimate of drug-likeness (QED) is 0.0648. The van der Waals surface area contributed by atoms with Gasteiger partial charge < -0.3 is 48.4 Å². The molecule has 4 atom stereocenters. The van der Waals surface area contributed by atoms with E-state index in [1.165, 1.54) is 13.8 Å². The van der Waals surface area contributed by atoms with E-state index in [0.717, 1.165) is 0 Å². The fraction of sp³-hybridized carbons (Fsp3) is 0.429. The monoisotopic (exact) mass is 687 g/mol. The van der Waals surface area contributed by atoms with Crippen molar-refractivity contribution in [3.8, 4) is 0 Å². The van der Waals surface area contributed by atoms with Gasteiger partial charge in [0.2, 0.25) is 0 Å². The van der Waals surface area contributed by atoms with Crippen LogP contribution >= 0.6 is 0 Å². The second-order valence-corrected chi connectivity index (χ2v) is 11.1. The van der Waals surface area contributed by atoms with Gasteiger partial charge in [-0.2, -0.15) is 13.2 Å². The van der Waals surface area contributed by atoms with E-state index in [4.69, 9.17) is 48.4 Å². The van der Waals surface area contributed by atoms with Crippen molar-refractivity contribution in [2.24, 2.45) is 28.9 Å². The molecule has 0 spiro atoms. The predicted octanol–water partition coefficient (Wildman–Crippen LogP) is -0.0958. The van der Waals surface area contributed by atoms with Crippen LogP contribution in [0.3, 0.4) is 0 Å². The summed E-state index contributed by atoms with van der Waals surface area (Å²) in [6.45, 7) is 2.70. The molecule has 13 N–H and O–H groups in total. The van der Waals surface area contributed by atoms with E-state index >= 15 is 13.2 Å². The summed E-state index contributed by atoms with van der Waals surface area (Å²) in [5, 5.41) is 25.7. The average Bonchev–Trinajstić information content (AvgIpc) is 2.95. The van der Waals surface area contributed by atoms with Crippen LogP contribution in [0.5, 0.6) is 0 Å². The van der Waals surface area contributed by atoms with Crippen LogP contribution in [0.1, 0.15) is 86.5 Å². The zero-order valence-corrected chi connectivity index (χ0v) is 25.3. The van der Waals surface area contributed by atoms with Crippen LogP contribution in [-0.2, 0) is 20.6 Å². The highest BCUT2D eigenvalue weighted by atomic mass is 19.4. The van der Waals surface area contributed by atoms with Crippen LogP contribution in [0.2, 0.25) is 0 Å². The Kier molecular flexibility index (Phi) is 12.1. The average molecular weight is 688 g/mol. The first-order chi connectivity index (χ1) is 21.9. The second-order valence-electron chi connectivity index (χ2n) is 11.1. The van der Waals surface area contributed by atoms with E-state index in [9.17, 15) is 38.4 Å². The number of carboxylic acid groups (broad SMARTS) is 3. The zero-order chi connectivity index (χ0) is 37.2. The lowest BCUT2D eigenvalue weighted by molar-refractivity contribution is -0.138. The van der Waals surface area contributed by atoms with E-state index in [0.29, 0.717) is 0 Å². The molecule has 4 unspecified atom stereocenters. The molecule has 20 heteroatoms. The normalized spacial score (nSPS) is 14.3. The molecule has 48 heavy (non-hydrogen) atoms. The second kappa shape index (κ2) is 14.8. The molecule has 0 radical (unpaired) electrons. The van der Waals surface area contributed by atoms with Gasteiger partial charge in [-0.05, 0) is 12.3 Å². The summed E-state index contributed by atoms with van der Waals surface area (Å²) in [5.74, 6) is -12.3. The number of alkyl halides is 3. The number of anilines is 1.